The third kappa shape index (κ3) is 5.03. The van der Waals surface area contributed by atoms with E-state index in [0.29, 0.717) is 29.9 Å². The minimum absolute atomic E-state index is 0.122. The first-order valence-electron chi connectivity index (χ1n) is 11.0. The van der Waals surface area contributed by atoms with Crippen molar-refractivity contribution >= 4 is 27.3 Å². The number of piperazine rings is 1. The van der Waals surface area contributed by atoms with Gasteiger partial charge in [0.1, 0.15) is 0 Å². The maximum absolute atomic E-state index is 13.2. The van der Waals surface area contributed by atoms with Gasteiger partial charge in [-0.15, -0.1) is 0 Å². The van der Waals surface area contributed by atoms with Crippen LogP contribution in [-0.4, -0.2) is 45.4 Å². The Hall–Kier alpha value is -3.32. The number of benzene rings is 3. The van der Waals surface area contributed by atoms with Crippen molar-refractivity contribution < 1.29 is 13.2 Å². The highest BCUT2D eigenvalue weighted by molar-refractivity contribution is 7.92. The summed E-state index contributed by atoms with van der Waals surface area (Å²) in [6.07, 6.45) is 0. The lowest BCUT2D eigenvalue weighted by Crippen LogP contribution is -2.48. The highest BCUT2D eigenvalue weighted by Crippen LogP contribution is 2.24. The van der Waals surface area contributed by atoms with Gasteiger partial charge in [-0.05, 0) is 62.2 Å². The molecule has 0 bridgehead atoms. The van der Waals surface area contributed by atoms with Gasteiger partial charge in [-0.1, -0.05) is 42.0 Å². The summed E-state index contributed by atoms with van der Waals surface area (Å²) in [5, 5.41) is 0. The van der Waals surface area contributed by atoms with Gasteiger partial charge in [0, 0.05) is 37.4 Å². The summed E-state index contributed by atoms with van der Waals surface area (Å²) in [7, 11) is -3.84. The molecular formula is C26H29N3O3S. The zero-order valence-corrected chi connectivity index (χ0v) is 20.0. The number of sulfonamides is 1. The molecule has 6 nitrogen and oxygen atoms in total. The topological polar surface area (TPSA) is 69.7 Å². The molecule has 1 N–H and O–H groups in total. The van der Waals surface area contributed by atoms with E-state index in [2.05, 4.69) is 21.8 Å². The number of carbonyl (C=O) groups is 1. The number of aryl methyl sites for hydroxylation is 3. The molecule has 0 aromatic heterocycles. The first kappa shape index (κ1) is 22.9. The summed E-state index contributed by atoms with van der Waals surface area (Å²) in [6.45, 7) is 8.22. The van der Waals surface area contributed by atoms with Crippen LogP contribution in [0, 0.1) is 20.8 Å². The van der Waals surface area contributed by atoms with E-state index in [-0.39, 0.29) is 10.8 Å². The van der Waals surface area contributed by atoms with Crippen molar-refractivity contribution in [2.75, 3.05) is 35.8 Å². The molecule has 1 heterocycles. The second kappa shape index (κ2) is 9.27. The largest absolute Gasteiger partial charge is 0.368 e. The Kier molecular flexibility index (Phi) is 6.42. The van der Waals surface area contributed by atoms with E-state index in [1.807, 2.05) is 44.2 Å². The highest BCUT2D eigenvalue weighted by Gasteiger charge is 2.25. The zero-order chi connectivity index (χ0) is 23.6. The minimum atomic E-state index is -3.84. The fourth-order valence-electron chi connectivity index (χ4n) is 4.14. The molecule has 1 amide bonds. The summed E-state index contributed by atoms with van der Waals surface area (Å²) in [5.74, 6) is -0.148. The molecule has 1 aliphatic heterocycles. The van der Waals surface area contributed by atoms with Crippen molar-refractivity contribution in [1.82, 2.24) is 4.90 Å². The van der Waals surface area contributed by atoms with Crippen molar-refractivity contribution in [2.24, 2.45) is 0 Å². The number of amides is 1. The molecule has 0 spiro atoms. The quantitative estimate of drug-likeness (QED) is 0.610. The van der Waals surface area contributed by atoms with Crippen molar-refractivity contribution in [3.05, 3.63) is 89.0 Å². The van der Waals surface area contributed by atoms with E-state index in [4.69, 9.17) is 0 Å². The predicted molar refractivity (Wildman–Crippen MR) is 132 cm³/mol. The number of rotatable bonds is 5. The van der Waals surface area contributed by atoms with Gasteiger partial charge < -0.3 is 9.80 Å². The van der Waals surface area contributed by atoms with Crippen LogP contribution in [0.25, 0.3) is 0 Å². The Bertz CT molecular complexity index is 1270. The number of anilines is 2. The van der Waals surface area contributed by atoms with Crippen LogP contribution >= 0.6 is 0 Å². The van der Waals surface area contributed by atoms with Crippen molar-refractivity contribution in [3.8, 4) is 0 Å². The van der Waals surface area contributed by atoms with E-state index >= 15 is 0 Å². The Balaban J connectivity index is 1.51. The molecule has 3 aromatic rings. The van der Waals surface area contributed by atoms with Crippen LogP contribution in [0.15, 0.2) is 71.6 Å². The van der Waals surface area contributed by atoms with Crippen molar-refractivity contribution in [3.63, 3.8) is 0 Å². The summed E-state index contributed by atoms with van der Waals surface area (Å²) < 4.78 is 29.0. The van der Waals surface area contributed by atoms with E-state index in [1.54, 1.807) is 30.0 Å². The summed E-state index contributed by atoms with van der Waals surface area (Å²) in [4.78, 5) is 17.3. The van der Waals surface area contributed by atoms with Gasteiger partial charge in [-0.25, -0.2) is 8.42 Å². The van der Waals surface area contributed by atoms with E-state index in [9.17, 15) is 13.2 Å². The summed E-state index contributed by atoms with van der Waals surface area (Å²) in [5.41, 5.74) is 4.57. The van der Waals surface area contributed by atoms with Gasteiger partial charge in [-0.3, -0.25) is 9.52 Å². The van der Waals surface area contributed by atoms with Crippen LogP contribution < -0.4 is 9.62 Å². The normalized spacial score (nSPS) is 14.3. The minimum Gasteiger partial charge on any atom is -0.368 e. The lowest BCUT2D eigenvalue weighted by molar-refractivity contribution is 0.0746. The molecule has 33 heavy (non-hydrogen) atoms. The molecule has 0 saturated carbocycles. The highest BCUT2D eigenvalue weighted by atomic mass is 32.2. The van der Waals surface area contributed by atoms with Gasteiger partial charge >= 0.3 is 0 Å². The molecule has 1 saturated heterocycles. The average Bonchev–Trinajstić information content (AvgIpc) is 2.81. The molecule has 4 rings (SSSR count). The Morgan fingerprint density at radius 2 is 1.52 bits per heavy atom. The lowest BCUT2D eigenvalue weighted by Gasteiger charge is -2.36. The molecular weight excluding hydrogens is 434 g/mol. The van der Waals surface area contributed by atoms with Crippen LogP contribution in [0.4, 0.5) is 11.4 Å². The van der Waals surface area contributed by atoms with Crippen LogP contribution in [0.1, 0.15) is 27.0 Å². The number of para-hydroxylation sites is 1. The molecule has 0 unspecified atom stereocenters. The van der Waals surface area contributed by atoms with Gasteiger partial charge in [0.05, 0.1) is 10.6 Å². The van der Waals surface area contributed by atoms with Gasteiger partial charge in [-0.2, -0.15) is 0 Å². The molecule has 7 heteroatoms. The number of carbonyl (C=O) groups excluding carboxylic acids is 1. The summed E-state index contributed by atoms with van der Waals surface area (Å²) >= 11 is 0. The second-order valence-corrected chi connectivity index (χ2v) is 10.2. The molecule has 172 valence electrons. The van der Waals surface area contributed by atoms with Crippen molar-refractivity contribution in [2.45, 2.75) is 25.7 Å². The van der Waals surface area contributed by atoms with E-state index < -0.39 is 10.0 Å². The van der Waals surface area contributed by atoms with Gasteiger partial charge in [0.25, 0.3) is 15.9 Å². The lowest BCUT2D eigenvalue weighted by atomic mass is 10.1. The molecule has 0 aliphatic carbocycles. The van der Waals surface area contributed by atoms with Crippen LogP contribution in [0.2, 0.25) is 0 Å². The first-order chi connectivity index (χ1) is 15.7. The summed E-state index contributed by atoms with van der Waals surface area (Å²) in [6, 6.07) is 20.6. The number of hydrogen-bond acceptors (Lipinski definition) is 4. The fraction of sp³-hybridized carbons (Fsp3) is 0.269. The Labute approximate surface area is 195 Å². The van der Waals surface area contributed by atoms with E-state index in [0.717, 1.165) is 29.9 Å². The number of nitrogens with zero attached hydrogens (tertiary/aromatic N) is 2. The smallest absolute Gasteiger partial charge is 0.262 e. The molecule has 1 fully saturated rings. The zero-order valence-electron chi connectivity index (χ0n) is 19.2. The third-order valence-corrected chi connectivity index (χ3v) is 7.55. The Morgan fingerprint density at radius 1 is 0.818 bits per heavy atom. The maximum Gasteiger partial charge on any atom is 0.262 e. The molecule has 1 aliphatic rings. The predicted octanol–water partition coefficient (Wildman–Crippen LogP) is 4.38. The van der Waals surface area contributed by atoms with Crippen LogP contribution in [0.3, 0.4) is 0 Å². The Morgan fingerprint density at radius 3 is 2.18 bits per heavy atom. The number of hydrogen-bond donors (Lipinski definition) is 1. The molecule has 0 radical (unpaired) electrons. The van der Waals surface area contributed by atoms with Crippen LogP contribution in [0.5, 0.6) is 0 Å². The van der Waals surface area contributed by atoms with Gasteiger partial charge in [0.2, 0.25) is 0 Å². The van der Waals surface area contributed by atoms with Crippen LogP contribution in [-0.2, 0) is 10.0 Å². The fourth-order valence-corrected chi connectivity index (χ4v) is 5.54. The average molecular weight is 464 g/mol. The second-order valence-electron chi connectivity index (χ2n) is 8.52. The SMILES string of the molecule is Cc1ccc(NS(=O)(=O)c2cc(C(=O)N3CCN(c4ccccc4)CC3)ccc2C)c(C)c1. The molecule has 3 aromatic carbocycles. The third-order valence-electron chi connectivity index (χ3n) is 6.04. The standard InChI is InChI=1S/C26H29N3O3S/c1-19-9-12-24(21(3)17-19)27-33(31,32)25-18-22(11-10-20(25)2)26(30)29-15-13-28(14-16-29)23-7-5-4-6-8-23/h4-12,17-18,27H,13-16H2,1-3H3. The first-order valence-corrected chi connectivity index (χ1v) is 12.5. The van der Waals surface area contributed by atoms with Gasteiger partial charge in [0.15, 0.2) is 0 Å². The number of nitrogens with one attached hydrogen (secondary N) is 1. The monoisotopic (exact) mass is 463 g/mol. The maximum atomic E-state index is 13.2. The van der Waals surface area contributed by atoms with Crippen molar-refractivity contribution in [1.29, 1.82) is 0 Å². The van der Waals surface area contributed by atoms with E-state index in [1.165, 1.54) is 6.07 Å². The molecule has 0 atom stereocenters.